The summed E-state index contributed by atoms with van der Waals surface area (Å²) in [6.07, 6.45) is 3.38. The van der Waals surface area contributed by atoms with Crippen LogP contribution in [0.25, 0.3) is 0 Å². The van der Waals surface area contributed by atoms with Gasteiger partial charge in [0.25, 0.3) is 0 Å². The molecule has 5 heteroatoms. The van der Waals surface area contributed by atoms with Crippen molar-refractivity contribution in [2.75, 3.05) is 12.1 Å². The first-order valence-electron chi connectivity index (χ1n) is 6.78. The van der Waals surface area contributed by atoms with Gasteiger partial charge in [-0.25, -0.2) is 0 Å². The van der Waals surface area contributed by atoms with E-state index in [-0.39, 0.29) is 18.7 Å². The number of ether oxygens (including phenoxy) is 2. The number of nitrogens with one attached hydrogen (secondary N) is 1. The average Bonchev–Trinajstić information content (AvgIpc) is 2.40. The number of rotatable bonds is 8. The van der Waals surface area contributed by atoms with E-state index >= 15 is 0 Å². The highest BCUT2D eigenvalue weighted by Crippen LogP contribution is 2.15. The molecule has 5 nitrogen and oxygen atoms in total. The number of unbranched alkanes of at least 4 members (excludes halogenated alkanes) is 2. The Morgan fingerprint density at radius 1 is 1.15 bits per heavy atom. The number of hydrogen-bond acceptors (Lipinski definition) is 4. The van der Waals surface area contributed by atoms with Gasteiger partial charge in [-0.15, -0.1) is 0 Å². The lowest BCUT2D eigenvalue weighted by atomic mass is 10.2. The number of carbonyl (C=O) groups excluding carboxylic acids is 2. The van der Waals surface area contributed by atoms with Gasteiger partial charge in [-0.3, -0.25) is 9.59 Å². The van der Waals surface area contributed by atoms with Gasteiger partial charge in [0.15, 0.2) is 0 Å². The molecule has 0 aliphatic heterocycles. The Balaban J connectivity index is 2.24. The molecule has 0 saturated heterocycles. The molecule has 0 saturated carbocycles. The second kappa shape index (κ2) is 8.96. The molecule has 0 radical (unpaired) electrons. The Kier molecular flexibility index (Phi) is 7.17. The second-order valence-corrected chi connectivity index (χ2v) is 4.44. The number of anilines is 1. The van der Waals surface area contributed by atoms with Crippen LogP contribution in [0.2, 0.25) is 0 Å². The van der Waals surface area contributed by atoms with E-state index in [0.29, 0.717) is 17.9 Å². The molecular weight excluding hydrogens is 258 g/mol. The van der Waals surface area contributed by atoms with E-state index in [4.69, 9.17) is 9.47 Å². The normalized spacial score (nSPS) is 9.90. The van der Waals surface area contributed by atoms with Crippen LogP contribution in [0.4, 0.5) is 5.69 Å². The maximum absolute atomic E-state index is 11.3. The van der Waals surface area contributed by atoms with Crippen molar-refractivity contribution >= 4 is 17.6 Å². The molecule has 0 aromatic heterocycles. The highest BCUT2D eigenvalue weighted by atomic mass is 16.7. The van der Waals surface area contributed by atoms with E-state index in [9.17, 15) is 9.59 Å². The lowest BCUT2D eigenvalue weighted by Crippen LogP contribution is -2.10. The van der Waals surface area contributed by atoms with Crippen LogP contribution in [0.3, 0.4) is 0 Å². The summed E-state index contributed by atoms with van der Waals surface area (Å²) >= 11 is 0. The Morgan fingerprint density at radius 2 is 1.85 bits per heavy atom. The van der Waals surface area contributed by atoms with Crippen LogP contribution in [0.5, 0.6) is 5.75 Å². The van der Waals surface area contributed by atoms with E-state index in [1.807, 2.05) is 0 Å². The topological polar surface area (TPSA) is 64.6 Å². The molecule has 1 N–H and O–H groups in total. The van der Waals surface area contributed by atoms with Crippen molar-refractivity contribution in [3.8, 4) is 5.75 Å². The summed E-state index contributed by atoms with van der Waals surface area (Å²) in [5.41, 5.74) is 0.696. The van der Waals surface area contributed by atoms with Gasteiger partial charge in [0.1, 0.15) is 5.75 Å². The third-order valence-corrected chi connectivity index (χ3v) is 2.60. The van der Waals surface area contributed by atoms with Crippen LogP contribution in [-0.4, -0.2) is 18.7 Å². The number of esters is 1. The van der Waals surface area contributed by atoms with Crippen LogP contribution >= 0.6 is 0 Å². The van der Waals surface area contributed by atoms with Gasteiger partial charge in [0.05, 0.1) is 0 Å². The third-order valence-electron chi connectivity index (χ3n) is 2.60. The van der Waals surface area contributed by atoms with Gasteiger partial charge in [-0.05, 0) is 30.7 Å². The van der Waals surface area contributed by atoms with Gasteiger partial charge >= 0.3 is 5.97 Å². The number of benzene rings is 1. The zero-order valence-corrected chi connectivity index (χ0v) is 12.0. The molecule has 1 amide bonds. The third kappa shape index (κ3) is 6.78. The monoisotopic (exact) mass is 279 g/mol. The van der Waals surface area contributed by atoms with Crippen LogP contribution in [-0.2, 0) is 14.3 Å². The molecule has 0 unspecified atom stereocenters. The quantitative estimate of drug-likeness (QED) is 0.451. The number of hydrogen-bond donors (Lipinski definition) is 1. The molecule has 0 aliphatic rings. The first-order valence-corrected chi connectivity index (χ1v) is 6.78. The summed E-state index contributed by atoms with van der Waals surface area (Å²) in [6.45, 7) is 3.44. The number of amides is 1. The van der Waals surface area contributed by atoms with Crippen molar-refractivity contribution in [3.05, 3.63) is 24.3 Å². The molecule has 0 fully saturated rings. The fourth-order valence-corrected chi connectivity index (χ4v) is 1.59. The van der Waals surface area contributed by atoms with Crippen LogP contribution in [0.15, 0.2) is 24.3 Å². The molecule has 0 aliphatic carbocycles. The summed E-state index contributed by atoms with van der Waals surface area (Å²) in [5.74, 6) is 0.216. The predicted molar refractivity (Wildman–Crippen MR) is 76.5 cm³/mol. The molecule has 1 aromatic carbocycles. The maximum atomic E-state index is 11.3. The minimum absolute atomic E-state index is 0.0928. The second-order valence-electron chi connectivity index (χ2n) is 4.44. The first-order chi connectivity index (χ1) is 9.61. The largest absolute Gasteiger partial charge is 0.457 e. The van der Waals surface area contributed by atoms with Gasteiger partial charge in [0.2, 0.25) is 12.7 Å². The lowest BCUT2D eigenvalue weighted by Gasteiger charge is -2.08. The van der Waals surface area contributed by atoms with Crippen LogP contribution in [0.1, 0.15) is 39.5 Å². The molecule has 1 rings (SSSR count). The summed E-state index contributed by atoms with van der Waals surface area (Å²) in [4.78, 5) is 22.2. The van der Waals surface area contributed by atoms with E-state index in [0.717, 1.165) is 19.3 Å². The van der Waals surface area contributed by atoms with Crippen LogP contribution < -0.4 is 10.1 Å². The maximum Gasteiger partial charge on any atom is 0.308 e. The molecular formula is C15H21NO4. The highest BCUT2D eigenvalue weighted by Gasteiger charge is 2.02. The minimum Gasteiger partial charge on any atom is -0.457 e. The van der Waals surface area contributed by atoms with Crippen LogP contribution in [0, 0.1) is 0 Å². The Bertz CT molecular complexity index is 428. The van der Waals surface area contributed by atoms with Crippen molar-refractivity contribution < 1.29 is 19.1 Å². The highest BCUT2D eigenvalue weighted by molar-refractivity contribution is 5.88. The fourth-order valence-electron chi connectivity index (χ4n) is 1.59. The van der Waals surface area contributed by atoms with E-state index < -0.39 is 0 Å². The van der Waals surface area contributed by atoms with Crippen molar-refractivity contribution in [3.63, 3.8) is 0 Å². The Labute approximate surface area is 119 Å². The van der Waals surface area contributed by atoms with E-state index in [2.05, 4.69) is 12.2 Å². The summed E-state index contributed by atoms with van der Waals surface area (Å²) in [5, 5.41) is 2.66. The first kappa shape index (κ1) is 16.0. The average molecular weight is 279 g/mol. The van der Waals surface area contributed by atoms with Crippen molar-refractivity contribution in [1.29, 1.82) is 0 Å². The van der Waals surface area contributed by atoms with Crippen molar-refractivity contribution in [1.82, 2.24) is 0 Å². The lowest BCUT2D eigenvalue weighted by molar-refractivity contribution is -0.150. The fraction of sp³-hybridized carbons (Fsp3) is 0.467. The van der Waals surface area contributed by atoms with Gasteiger partial charge in [-0.2, -0.15) is 0 Å². The van der Waals surface area contributed by atoms with Gasteiger partial charge in [0, 0.05) is 19.0 Å². The summed E-state index contributed by atoms with van der Waals surface area (Å²) < 4.78 is 10.2. The van der Waals surface area contributed by atoms with Crippen molar-refractivity contribution in [2.45, 2.75) is 39.5 Å². The molecule has 110 valence electrons. The Morgan fingerprint density at radius 3 is 2.45 bits per heavy atom. The SMILES string of the molecule is CCCCCC(=O)OCOc1ccc(NC(C)=O)cc1. The van der Waals surface area contributed by atoms with Gasteiger partial charge < -0.3 is 14.8 Å². The molecule has 0 spiro atoms. The molecule has 20 heavy (non-hydrogen) atoms. The molecule has 1 aromatic rings. The molecule has 0 bridgehead atoms. The minimum atomic E-state index is -0.242. The number of carbonyl (C=O) groups is 2. The molecule has 0 heterocycles. The molecule has 0 atom stereocenters. The van der Waals surface area contributed by atoms with Gasteiger partial charge in [-0.1, -0.05) is 19.8 Å². The predicted octanol–water partition coefficient (Wildman–Crippen LogP) is 3.10. The zero-order valence-electron chi connectivity index (χ0n) is 12.0. The van der Waals surface area contributed by atoms with E-state index in [1.54, 1.807) is 24.3 Å². The smallest absolute Gasteiger partial charge is 0.308 e. The Hall–Kier alpha value is -2.04. The summed E-state index contributed by atoms with van der Waals surface area (Å²) in [7, 11) is 0. The van der Waals surface area contributed by atoms with Crippen molar-refractivity contribution in [2.24, 2.45) is 0 Å². The standard InChI is InChI=1S/C15H21NO4/c1-3-4-5-6-15(18)20-11-19-14-9-7-13(8-10-14)16-12(2)17/h7-10H,3-6,11H2,1-2H3,(H,16,17). The zero-order chi connectivity index (χ0) is 14.8. The summed E-state index contributed by atoms with van der Waals surface area (Å²) in [6, 6.07) is 6.85. The van der Waals surface area contributed by atoms with E-state index in [1.165, 1.54) is 6.92 Å².